The van der Waals surface area contributed by atoms with Gasteiger partial charge in [-0.15, -0.1) is 12.4 Å². The number of hydrogen-bond donors (Lipinski definition) is 0. The van der Waals surface area contributed by atoms with E-state index in [4.69, 9.17) is 13.9 Å². The van der Waals surface area contributed by atoms with Crippen LogP contribution in [-0.4, -0.2) is 44.4 Å². The van der Waals surface area contributed by atoms with Gasteiger partial charge in [0.1, 0.15) is 17.9 Å². The van der Waals surface area contributed by atoms with Gasteiger partial charge in [0.2, 0.25) is 0 Å². The first-order valence-electron chi connectivity index (χ1n) is 6.78. The summed E-state index contributed by atoms with van der Waals surface area (Å²) >= 11 is 0. The highest BCUT2D eigenvalue weighted by Crippen LogP contribution is 2.19. The Morgan fingerprint density at radius 2 is 1.90 bits per heavy atom. The summed E-state index contributed by atoms with van der Waals surface area (Å²) in [6.07, 6.45) is 0. The van der Waals surface area contributed by atoms with Gasteiger partial charge in [-0.1, -0.05) is 0 Å². The van der Waals surface area contributed by atoms with Gasteiger partial charge in [0.15, 0.2) is 0 Å². The van der Waals surface area contributed by atoms with Crippen LogP contribution in [0.5, 0.6) is 5.75 Å². The number of fused-ring (bicyclic) bond motifs is 1. The minimum Gasteiger partial charge on any atom is -0.492 e. The monoisotopic (exact) mass is 311 g/mol. The predicted octanol–water partition coefficient (Wildman–Crippen LogP) is 1.93. The normalized spacial score (nSPS) is 15.6. The molecule has 1 aromatic heterocycles. The molecule has 0 amide bonds. The maximum atomic E-state index is 11.2. The Labute approximate surface area is 128 Å². The zero-order chi connectivity index (χ0) is 13.8. The number of nitrogens with zero attached hydrogens (tertiary/aromatic N) is 1. The molecule has 0 saturated carbocycles. The van der Waals surface area contributed by atoms with Crippen LogP contribution in [0, 0.1) is 0 Å². The Kier molecular flexibility index (Phi) is 5.61. The zero-order valence-corrected chi connectivity index (χ0v) is 12.4. The maximum Gasteiger partial charge on any atom is 0.336 e. The molecule has 1 aliphatic rings. The molecule has 1 aliphatic heterocycles. The molecule has 1 saturated heterocycles. The highest BCUT2D eigenvalue weighted by Gasteiger charge is 2.09. The van der Waals surface area contributed by atoms with Crippen LogP contribution in [0.1, 0.15) is 0 Å². The van der Waals surface area contributed by atoms with E-state index in [0.29, 0.717) is 12.2 Å². The molecule has 0 atom stereocenters. The van der Waals surface area contributed by atoms with E-state index < -0.39 is 0 Å². The van der Waals surface area contributed by atoms with Gasteiger partial charge in [0.05, 0.1) is 13.2 Å². The van der Waals surface area contributed by atoms with Crippen LogP contribution >= 0.6 is 12.4 Å². The summed E-state index contributed by atoms with van der Waals surface area (Å²) in [4.78, 5) is 13.5. The third-order valence-corrected chi connectivity index (χ3v) is 3.37. The van der Waals surface area contributed by atoms with Crippen molar-refractivity contribution in [2.24, 2.45) is 0 Å². The van der Waals surface area contributed by atoms with Gasteiger partial charge in [0, 0.05) is 37.2 Å². The van der Waals surface area contributed by atoms with Crippen LogP contribution in [0.25, 0.3) is 11.0 Å². The molecule has 2 heterocycles. The predicted molar refractivity (Wildman–Crippen MR) is 82.5 cm³/mol. The quantitative estimate of drug-likeness (QED) is 0.808. The van der Waals surface area contributed by atoms with E-state index in [0.717, 1.165) is 44.0 Å². The largest absolute Gasteiger partial charge is 0.492 e. The van der Waals surface area contributed by atoms with Crippen molar-refractivity contribution in [1.82, 2.24) is 4.90 Å². The fraction of sp³-hybridized carbons (Fsp3) is 0.400. The van der Waals surface area contributed by atoms with Crippen molar-refractivity contribution in [2.75, 3.05) is 39.5 Å². The van der Waals surface area contributed by atoms with E-state index in [2.05, 4.69) is 4.90 Å². The van der Waals surface area contributed by atoms with Gasteiger partial charge in [-0.3, -0.25) is 4.90 Å². The maximum absolute atomic E-state index is 11.2. The van der Waals surface area contributed by atoms with Gasteiger partial charge in [0.25, 0.3) is 0 Å². The smallest absolute Gasteiger partial charge is 0.336 e. The third kappa shape index (κ3) is 4.20. The van der Waals surface area contributed by atoms with E-state index in [1.807, 2.05) is 12.1 Å². The first-order chi connectivity index (χ1) is 9.81. The summed E-state index contributed by atoms with van der Waals surface area (Å²) in [5, 5.41) is 0.894. The molecule has 0 bridgehead atoms. The summed E-state index contributed by atoms with van der Waals surface area (Å²) in [7, 11) is 0. The van der Waals surface area contributed by atoms with E-state index in [1.54, 1.807) is 12.1 Å². The number of benzene rings is 1. The molecule has 5 nitrogen and oxygen atoms in total. The molecular weight excluding hydrogens is 294 g/mol. The van der Waals surface area contributed by atoms with Gasteiger partial charge in [-0.25, -0.2) is 4.79 Å². The molecule has 6 heteroatoms. The second-order valence-corrected chi connectivity index (χ2v) is 4.76. The molecule has 2 aromatic rings. The Morgan fingerprint density at radius 3 is 2.71 bits per heavy atom. The van der Waals surface area contributed by atoms with Crippen LogP contribution < -0.4 is 10.4 Å². The van der Waals surface area contributed by atoms with Crippen molar-refractivity contribution in [2.45, 2.75) is 0 Å². The lowest BCUT2D eigenvalue weighted by atomic mass is 10.2. The average molecular weight is 312 g/mol. The van der Waals surface area contributed by atoms with E-state index >= 15 is 0 Å². The van der Waals surface area contributed by atoms with Crippen LogP contribution in [0.3, 0.4) is 0 Å². The topological polar surface area (TPSA) is 51.9 Å². The Hall–Kier alpha value is -1.56. The minimum absolute atomic E-state index is 0. The van der Waals surface area contributed by atoms with Crippen molar-refractivity contribution >= 4 is 23.4 Å². The highest BCUT2D eigenvalue weighted by molar-refractivity contribution is 5.85. The second-order valence-electron chi connectivity index (χ2n) is 4.76. The number of hydrogen-bond acceptors (Lipinski definition) is 5. The SMILES string of the molecule is Cl.O=c1ccc2ccc(OCCN3CCOCC3)cc2o1. The Bertz CT molecular complexity index is 637. The van der Waals surface area contributed by atoms with E-state index in [-0.39, 0.29) is 18.0 Å². The summed E-state index contributed by atoms with van der Waals surface area (Å²) in [6.45, 7) is 4.98. The third-order valence-electron chi connectivity index (χ3n) is 3.37. The molecule has 0 aliphatic carbocycles. The van der Waals surface area contributed by atoms with Crippen LogP contribution in [0.15, 0.2) is 39.5 Å². The van der Waals surface area contributed by atoms with Gasteiger partial charge in [-0.2, -0.15) is 0 Å². The lowest BCUT2D eigenvalue weighted by Gasteiger charge is -2.26. The zero-order valence-electron chi connectivity index (χ0n) is 11.6. The number of morpholine rings is 1. The number of halogens is 1. The molecule has 0 N–H and O–H groups in total. The molecule has 1 fully saturated rings. The summed E-state index contributed by atoms with van der Waals surface area (Å²) < 4.78 is 16.1. The van der Waals surface area contributed by atoms with Gasteiger partial charge >= 0.3 is 5.63 Å². The lowest BCUT2D eigenvalue weighted by Crippen LogP contribution is -2.38. The molecule has 3 rings (SSSR count). The van der Waals surface area contributed by atoms with Crippen molar-refractivity contribution in [3.8, 4) is 5.75 Å². The first kappa shape index (κ1) is 15.8. The molecule has 0 radical (unpaired) electrons. The molecule has 0 unspecified atom stereocenters. The van der Waals surface area contributed by atoms with Crippen molar-refractivity contribution in [3.05, 3.63) is 40.8 Å². The minimum atomic E-state index is -0.344. The molecule has 0 spiro atoms. The van der Waals surface area contributed by atoms with Crippen LogP contribution in [0.2, 0.25) is 0 Å². The fourth-order valence-electron chi connectivity index (χ4n) is 2.25. The molecule has 21 heavy (non-hydrogen) atoms. The molecule has 1 aromatic carbocycles. The summed E-state index contributed by atoms with van der Waals surface area (Å²) in [5.41, 5.74) is 0.212. The first-order valence-corrected chi connectivity index (χ1v) is 6.78. The van der Waals surface area contributed by atoms with Crippen LogP contribution in [0.4, 0.5) is 0 Å². The van der Waals surface area contributed by atoms with Crippen molar-refractivity contribution in [1.29, 1.82) is 0 Å². The standard InChI is InChI=1S/C15H17NO4.ClH/c17-15-4-2-12-1-3-13(11-14(12)20-15)19-10-7-16-5-8-18-9-6-16;/h1-4,11H,5-10H2;1H. The fourth-order valence-corrected chi connectivity index (χ4v) is 2.25. The highest BCUT2D eigenvalue weighted by atomic mass is 35.5. The summed E-state index contributed by atoms with van der Waals surface area (Å²) in [6, 6.07) is 8.71. The van der Waals surface area contributed by atoms with Gasteiger partial charge < -0.3 is 13.9 Å². The van der Waals surface area contributed by atoms with Crippen molar-refractivity contribution < 1.29 is 13.9 Å². The summed E-state index contributed by atoms with van der Waals surface area (Å²) in [5.74, 6) is 0.722. The van der Waals surface area contributed by atoms with Crippen LogP contribution in [-0.2, 0) is 4.74 Å². The van der Waals surface area contributed by atoms with E-state index in [1.165, 1.54) is 6.07 Å². The lowest BCUT2D eigenvalue weighted by molar-refractivity contribution is 0.0322. The van der Waals surface area contributed by atoms with Gasteiger partial charge in [-0.05, 0) is 18.2 Å². The Morgan fingerprint density at radius 1 is 1.14 bits per heavy atom. The van der Waals surface area contributed by atoms with Crippen molar-refractivity contribution in [3.63, 3.8) is 0 Å². The molecule has 114 valence electrons. The number of ether oxygens (including phenoxy) is 2. The second kappa shape index (κ2) is 7.45. The molecular formula is C15H18ClNO4. The number of rotatable bonds is 4. The van der Waals surface area contributed by atoms with E-state index in [9.17, 15) is 4.79 Å². The average Bonchev–Trinajstić information content (AvgIpc) is 2.48. The Balaban J connectivity index is 0.00000161.